The lowest BCUT2D eigenvalue weighted by atomic mass is 9.83. The van der Waals surface area contributed by atoms with E-state index >= 15 is 0 Å². The third-order valence-electron chi connectivity index (χ3n) is 3.03. The first-order valence-electron chi connectivity index (χ1n) is 5.17. The second-order valence-corrected chi connectivity index (χ2v) is 3.94. The van der Waals surface area contributed by atoms with Crippen molar-refractivity contribution < 1.29 is 4.42 Å². The van der Waals surface area contributed by atoms with E-state index in [0.717, 1.165) is 5.76 Å². The first-order valence-corrected chi connectivity index (χ1v) is 5.17. The maximum Gasteiger partial charge on any atom is 0.120 e. The Bertz CT molecular complexity index is 242. The summed E-state index contributed by atoms with van der Waals surface area (Å²) in [5.74, 6) is 1.59. The summed E-state index contributed by atoms with van der Waals surface area (Å²) in [5, 5.41) is 0. The largest absolute Gasteiger partial charge is 0.468 e. The van der Waals surface area contributed by atoms with E-state index in [9.17, 15) is 0 Å². The Morgan fingerprint density at radius 3 is 2.57 bits per heavy atom. The first-order chi connectivity index (χ1) is 6.38. The minimum Gasteiger partial charge on any atom is -0.468 e. The lowest BCUT2D eigenvalue weighted by molar-refractivity contribution is 0.280. The summed E-state index contributed by atoms with van der Waals surface area (Å²) in [7, 11) is 0. The second kappa shape index (κ2) is 5.42. The van der Waals surface area contributed by atoms with Crippen LogP contribution >= 0.6 is 12.4 Å². The lowest BCUT2D eigenvalue weighted by Crippen LogP contribution is -2.22. The van der Waals surface area contributed by atoms with Crippen LogP contribution in [0.15, 0.2) is 22.8 Å². The van der Waals surface area contributed by atoms with Gasteiger partial charge in [0, 0.05) is 0 Å². The van der Waals surface area contributed by atoms with Crippen LogP contribution in [0.1, 0.15) is 43.9 Å². The van der Waals surface area contributed by atoms with Gasteiger partial charge in [0.05, 0.1) is 12.3 Å². The van der Waals surface area contributed by atoms with Gasteiger partial charge in [0.25, 0.3) is 0 Å². The SMILES string of the molecule is Cl.N[C@@H](c1ccco1)C1CCCCC1. The van der Waals surface area contributed by atoms with Crippen LogP contribution in [-0.2, 0) is 0 Å². The average Bonchev–Trinajstić information content (AvgIpc) is 2.71. The Morgan fingerprint density at radius 2 is 2.00 bits per heavy atom. The fourth-order valence-electron chi connectivity index (χ4n) is 2.21. The monoisotopic (exact) mass is 215 g/mol. The summed E-state index contributed by atoms with van der Waals surface area (Å²) in [6.45, 7) is 0. The molecule has 1 aromatic heterocycles. The van der Waals surface area contributed by atoms with E-state index in [1.165, 1.54) is 32.1 Å². The quantitative estimate of drug-likeness (QED) is 0.823. The minimum absolute atomic E-state index is 0. The number of furan rings is 1. The van der Waals surface area contributed by atoms with Gasteiger partial charge in [-0.05, 0) is 30.9 Å². The van der Waals surface area contributed by atoms with Crippen LogP contribution in [0, 0.1) is 5.92 Å². The summed E-state index contributed by atoms with van der Waals surface area (Å²) in [5.41, 5.74) is 6.12. The molecule has 0 radical (unpaired) electrons. The molecule has 0 bridgehead atoms. The van der Waals surface area contributed by atoms with Gasteiger partial charge < -0.3 is 10.2 Å². The van der Waals surface area contributed by atoms with Crippen molar-refractivity contribution in [2.75, 3.05) is 0 Å². The first kappa shape index (κ1) is 11.6. The standard InChI is InChI=1S/C11H17NO.ClH/c12-11(10-7-4-8-13-10)9-5-2-1-3-6-9;/h4,7-9,11H,1-3,5-6,12H2;1H/t11-;/m1./s1. The maximum atomic E-state index is 6.12. The van der Waals surface area contributed by atoms with E-state index in [2.05, 4.69) is 0 Å². The fraction of sp³-hybridized carbons (Fsp3) is 0.636. The highest BCUT2D eigenvalue weighted by molar-refractivity contribution is 5.85. The Balaban J connectivity index is 0.000000980. The molecule has 0 saturated heterocycles. The van der Waals surface area contributed by atoms with Gasteiger partial charge in [-0.25, -0.2) is 0 Å². The van der Waals surface area contributed by atoms with Gasteiger partial charge in [0.1, 0.15) is 5.76 Å². The van der Waals surface area contributed by atoms with E-state index in [-0.39, 0.29) is 18.4 Å². The molecule has 0 amide bonds. The normalized spacial score (nSPS) is 20.1. The van der Waals surface area contributed by atoms with Gasteiger partial charge in [0.15, 0.2) is 0 Å². The summed E-state index contributed by atoms with van der Waals surface area (Å²) in [6.07, 6.45) is 8.28. The molecule has 1 heterocycles. The van der Waals surface area contributed by atoms with Gasteiger partial charge in [-0.2, -0.15) is 0 Å². The summed E-state index contributed by atoms with van der Waals surface area (Å²) >= 11 is 0. The number of rotatable bonds is 2. The fourth-order valence-corrected chi connectivity index (χ4v) is 2.21. The molecule has 0 spiro atoms. The van der Waals surface area contributed by atoms with E-state index in [1.807, 2.05) is 12.1 Å². The molecular formula is C11H18ClNO. The predicted octanol–water partition coefficient (Wildman–Crippen LogP) is 3.28. The molecular weight excluding hydrogens is 198 g/mol. The average molecular weight is 216 g/mol. The molecule has 0 aromatic carbocycles. The molecule has 1 fully saturated rings. The molecule has 1 saturated carbocycles. The second-order valence-electron chi connectivity index (χ2n) is 3.94. The Labute approximate surface area is 91.3 Å². The van der Waals surface area contributed by atoms with E-state index in [0.29, 0.717) is 5.92 Å². The molecule has 2 rings (SSSR count). The topological polar surface area (TPSA) is 39.2 Å². The minimum atomic E-state index is 0. The highest BCUT2D eigenvalue weighted by atomic mass is 35.5. The van der Waals surface area contributed by atoms with Crippen molar-refractivity contribution in [3.8, 4) is 0 Å². The lowest BCUT2D eigenvalue weighted by Gasteiger charge is -2.25. The van der Waals surface area contributed by atoms with Crippen molar-refractivity contribution in [1.29, 1.82) is 0 Å². The molecule has 1 aliphatic carbocycles. The van der Waals surface area contributed by atoms with Gasteiger partial charge >= 0.3 is 0 Å². The highest BCUT2D eigenvalue weighted by Crippen LogP contribution is 2.32. The number of hydrogen-bond donors (Lipinski definition) is 1. The molecule has 0 unspecified atom stereocenters. The van der Waals surface area contributed by atoms with Crippen molar-refractivity contribution in [1.82, 2.24) is 0 Å². The van der Waals surface area contributed by atoms with Crippen LogP contribution in [0.25, 0.3) is 0 Å². The molecule has 80 valence electrons. The molecule has 0 aliphatic heterocycles. The van der Waals surface area contributed by atoms with Crippen LogP contribution in [-0.4, -0.2) is 0 Å². The Morgan fingerprint density at radius 1 is 1.29 bits per heavy atom. The Hall–Kier alpha value is -0.470. The summed E-state index contributed by atoms with van der Waals surface area (Å²) in [6, 6.07) is 4.02. The van der Waals surface area contributed by atoms with Gasteiger partial charge in [-0.1, -0.05) is 19.3 Å². The van der Waals surface area contributed by atoms with Gasteiger partial charge in [-0.3, -0.25) is 0 Å². The third kappa shape index (κ3) is 2.52. The van der Waals surface area contributed by atoms with E-state index in [1.54, 1.807) is 6.26 Å². The van der Waals surface area contributed by atoms with Crippen LogP contribution in [0.5, 0.6) is 0 Å². The van der Waals surface area contributed by atoms with Crippen molar-refractivity contribution in [3.05, 3.63) is 24.2 Å². The molecule has 1 aromatic rings. The number of hydrogen-bond acceptors (Lipinski definition) is 2. The molecule has 2 nitrogen and oxygen atoms in total. The number of nitrogens with two attached hydrogens (primary N) is 1. The van der Waals surface area contributed by atoms with Crippen LogP contribution in [0.3, 0.4) is 0 Å². The van der Waals surface area contributed by atoms with Crippen molar-refractivity contribution in [2.45, 2.75) is 38.1 Å². The Kier molecular flexibility index (Phi) is 4.49. The maximum absolute atomic E-state index is 6.12. The molecule has 3 heteroatoms. The van der Waals surface area contributed by atoms with Crippen LogP contribution < -0.4 is 5.73 Å². The summed E-state index contributed by atoms with van der Waals surface area (Å²) < 4.78 is 5.32. The van der Waals surface area contributed by atoms with Crippen molar-refractivity contribution >= 4 is 12.4 Å². The van der Waals surface area contributed by atoms with E-state index < -0.39 is 0 Å². The smallest absolute Gasteiger partial charge is 0.120 e. The highest BCUT2D eigenvalue weighted by Gasteiger charge is 2.23. The molecule has 1 aliphatic rings. The number of halogens is 1. The molecule has 1 atom stereocenters. The zero-order valence-corrected chi connectivity index (χ0v) is 9.13. The predicted molar refractivity (Wildman–Crippen MR) is 59.5 cm³/mol. The zero-order chi connectivity index (χ0) is 9.10. The van der Waals surface area contributed by atoms with Crippen LogP contribution in [0.2, 0.25) is 0 Å². The van der Waals surface area contributed by atoms with Crippen LogP contribution in [0.4, 0.5) is 0 Å². The van der Waals surface area contributed by atoms with Crippen molar-refractivity contribution in [3.63, 3.8) is 0 Å². The van der Waals surface area contributed by atoms with Gasteiger partial charge in [-0.15, -0.1) is 12.4 Å². The van der Waals surface area contributed by atoms with Crippen molar-refractivity contribution in [2.24, 2.45) is 11.7 Å². The summed E-state index contributed by atoms with van der Waals surface area (Å²) in [4.78, 5) is 0. The molecule has 14 heavy (non-hydrogen) atoms. The zero-order valence-electron chi connectivity index (χ0n) is 8.32. The third-order valence-corrected chi connectivity index (χ3v) is 3.03. The van der Waals surface area contributed by atoms with E-state index in [4.69, 9.17) is 10.2 Å². The molecule has 2 N–H and O–H groups in total. The van der Waals surface area contributed by atoms with Gasteiger partial charge in [0.2, 0.25) is 0 Å².